The van der Waals surface area contributed by atoms with E-state index < -0.39 is 0 Å². The number of anilines is 1. The molecule has 0 N–H and O–H groups in total. The normalized spacial score (nSPS) is 20.2. The van der Waals surface area contributed by atoms with Crippen LogP contribution in [0.4, 0.5) is 5.82 Å². The summed E-state index contributed by atoms with van der Waals surface area (Å²) in [5, 5.41) is 8.83. The SMILES string of the molecule is CN(CC1CCCN1C)c1cccc(C#N)n1. The van der Waals surface area contributed by atoms with E-state index in [4.69, 9.17) is 5.26 Å². The van der Waals surface area contributed by atoms with Gasteiger partial charge in [-0.1, -0.05) is 6.07 Å². The van der Waals surface area contributed by atoms with E-state index in [0.29, 0.717) is 11.7 Å². The second-order valence-corrected chi connectivity index (χ2v) is 4.65. The van der Waals surface area contributed by atoms with E-state index in [1.54, 1.807) is 6.07 Å². The Labute approximate surface area is 102 Å². The summed E-state index contributed by atoms with van der Waals surface area (Å²) in [4.78, 5) is 8.83. The molecule has 1 aliphatic heterocycles. The van der Waals surface area contributed by atoms with Crippen molar-refractivity contribution in [1.29, 1.82) is 5.26 Å². The first-order valence-electron chi connectivity index (χ1n) is 5.99. The average molecular weight is 230 g/mol. The summed E-state index contributed by atoms with van der Waals surface area (Å²) in [6.07, 6.45) is 2.53. The lowest BCUT2D eigenvalue weighted by Gasteiger charge is -2.26. The molecular formula is C13H18N4. The minimum Gasteiger partial charge on any atom is -0.358 e. The van der Waals surface area contributed by atoms with E-state index in [1.165, 1.54) is 19.4 Å². The quantitative estimate of drug-likeness (QED) is 0.789. The molecule has 90 valence electrons. The van der Waals surface area contributed by atoms with E-state index in [-0.39, 0.29) is 0 Å². The van der Waals surface area contributed by atoms with Crippen molar-refractivity contribution in [1.82, 2.24) is 9.88 Å². The largest absolute Gasteiger partial charge is 0.358 e. The van der Waals surface area contributed by atoms with Gasteiger partial charge in [0.1, 0.15) is 17.6 Å². The van der Waals surface area contributed by atoms with Gasteiger partial charge in [-0.2, -0.15) is 5.26 Å². The fraction of sp³-hybridized carbons (Fsp3) is 0.538. The van der Waals surface area contributed by atoms with E-state index >= 15 is 0 Å². The molecule has 4 nitrogen and oxygen atoms in total. The maximum Gasteiger partial charge on any atom is 0.142 e. The number of rotatable bonds is 3. The van der Waals surface area contributed by atoms with Gasteiger partial charge in [0.2, 0.25) is 0 Å². The maximum atomic E-state index is 8.83. The van der Waals surface area contributed by atoms with Crippen molar-refractivity contribution in [3.8, 4) is 6.07 Å². The summed E-state index contributed by atoms with van der Waals surface area (Å²) in [5.74, 6) is 0.879. The predicted molar refractivity (Wildman–Crippen MR) is 67.9 cm³/mol. The van der Waals surface area contributed by atoms with Gasteiger partial charge < -0.3 is 9.80 Å². The first kappa shape index (κ1) is 11.9. The van der Waals surface area contributed by atoms with Gasteiger partial charge in [0.25, 0.3) is 0 Å². The summed E-state index contributed by atoms with van der Waals surface area (Å²) in [7, 11) is 4.21. The van der Waals surface area contributed by atoms with Gasteiger partial charge in [-0.25, -0.2) is 4.98 Å². The molecule has 1 aromatic rings. The van der Waals surface area contributed by atoms with Crippen molar-refractivity contribution in [3.05, 3.63) is 23.9 Å². The van der Waals surface area contributed by atoms with Crippen molar-refractivity contribution in [2.24, 2.45) is 0 Å². The van der Waals surface area contributed by atoms with E-state index in [2.05, 4.69) is 27.9 Å². The molecule has 0 aliphatic carbocycles. The third-order valence-corrected chi connectivity index (χ3v) is 3.40. The summed E-state index contributed by atoms with van der Waals surface area (Å²) in [6, 6.07) is 8.25. The smallest absolute Gasteiger partial charge is 0.142 e. The summed E-state index contributed by atoms with van der Waals surface area (Å²) < 4.78 is 0. The molecule has 1 fully saturated rings. The first-order valence-corrected chi connectivity index (χ1v) is 5.99. The molecule has 4 heteroatoms. The van der Waals surface area contributed by atoms with Gasteiger partial charge in [0, 0.05) is 19.6 Å². The molecule has 1 aliphatic rings. The molecule has 0 aromatic carbocycles. The van der Waals surface area contributed by atoms with Crippen molar-refractivity contribution >= 4 is 5.82 Å². The molecule has 0 saturated carbocycles. The highest BCUT2D eigenvalue weighted by Gasteiger charge is 2.22. The Morgan fingerprint density at radius 2 is 2.41 bits per heavy atom. The number of pyridine rings is 1. The van der Waals surface area contributed by atoms with Crippen molar-refractivity contribution < 1.29 is 0 Å². The van der Waals surface area contributed by atoms with Crippen molar-refractivity contribution in [2.75, 3.05) is 32.1 Å². The molecule has 1 unspecified atom stereocenters. The summed E-state index contributed by atoms with van der Waals surface area (Å²) >= 11 is 0. The van der Waals surface area contributed by atoms with Crippen LogP contribution in [-0.4, -0.2) is 43.1 Å². The van der Waals surface area contributed by atoms with Gasteiger partial charge in [-0.3, -0.25) is 0 Å². The zero-order valence-electron chi connectivity index (χ0n) is 10.4. The minimum absolute atomic E-state index is 0.481. The highest BCUT2D eigenvalue weighted by Crippen LogP contribution is 2.18. The number of likely N-dealkylation sites (tertiary alicyclic amines) is 1. The van der Waals surface area contributed by atoms with Crippen LogP contribution in [0.15, 0.2) is 18.2 Å². The van der Waals surface area contributed by atoms with E-state index in [0.717, 1.165) is 12.4 Å². The van der Waals surface area contributed by atoms with Gasteiger partial charge in [-0.15, -0.1) is 0 Å². The Balaban J connectivity index is 2.04. The molecule has 1 saturated heterocycles. The van der Waals surface area contributed by atoms with Crippen LogP contribution in [0.2, 0.25) is 0 Å². The van der Waals surface area contributed by atoms with Crippen molar-refractivity contribution in [3.63, 3.8) is 0 Å². The lowest BCUT2D eigenvalue weighted by molar-refractivity contribution is 0.314. The molecule has 2 heterocycles. The zero-order valence-corrected chi connectivity index (χ0v) is 10.4. The highest BCUT2D eigenvalue weighted by atomic mass is 15.2. The standard InChI is InChI=1S/C13H18N4/c1-16-8-4-6-12(16)10-17(2)13-7-3-5-11(9-14)15-13/h3,5,7,12H,4,6,8,10H2,1-2H3. The van der Waals surface area contributed by atoms with Crippen LogP contribution in [0.1, 0.15) is 18.5 Å². The number of nitriles is 1. The molecule has 0 bridgehead atoms. The zero-order chi connectivity index (χ0) is 12.3. The Morgan fingerprint density at radius 3 is 3.06 bits per heavy atom. The van der Waals surface area contributed by atoms with Gasteiger partial charge in [0.05, 0.1) is 0 Å². The third kappa shape index (κ3) is 2.75. The van der Waals surface area contributed by atoms with Crippen LogP contribution in [0.3, 0.4) is 0 Å². The van der Waals surface area contributed by atoms with E-state index in [1.807, 2.05) is 19.2 Å². The monoisotopic (exact) mass is 230 g/mol. The Bertz CT molecular complexity index is 424. The second kappa shape index (κ2) is 5.15. The topological polar surface area (TPSA) is 43.2 Å². The molecule has 1 atom stereocenters. The lowest BCUT2D eigenvalue weighted by atomic mass is 10.2. The Kier molecular flexibility index (Phi) is 3.60. The first-order chi connectivity index (χ1) is 8.20. The molecule has 0 radical (unpaired) electrons. The number of aromatic nitrogens is 1. The fourth-order valence-electron chi connectivity index (χ4n) is 2.32. The van der Waals surface area contributed by atoms with Crippen LogP contribution >= 0.6 is 0 Å². The molecule has 17 heavy (non-hydrogen) atoms. The van der Waals surface area contributed by atoms with Crippen LogP contribution < -0.4 is 4.90 Å². The third-order valence-electron chi connectivity index (χ3n) is 3.40. The molecule has 1 aromatic heterocycles. The number of likely N-dealkylation sites (N-methyl/N-ethyl adjacent to an activating group) is 2. The minimum atomic E-state index is 0.481. The van der Waals surface area contributed by atoms with Gasteiger partial charge in [0.15, 0.2) is 0 Å². The molecule has 0 spiro atoms. The Morgan fingerprint density at radius 1 is 1.59 bits per heavy atom. The van der Waals surface area contributed by atoms with Crippen LogP contribution in [-0.2, 0) is 0 Å². The Hall–Kier alpha value is -1.60. The molecular weight excluding hydrogens is 212 g/mol. The fourth-order valence-corrected chi connectivity index (χ4v) is 2.32. The highest BCUT2D eigenvalue weighted by molar-refractivity contribution is 5.40. The molecule has 0 amide bonds. The number of hydrogen-bond donors (Lipinski definition) is 0. The number of hydrogen-bond acceptors (Lipinski definition) is 4. The van der Waals surface area contributed by atoms with Gasteiger partial charge >= 0.3 is 0 Å². The second-order valence-electron chi connectivity index (χ2n) is 4.65. The van der Waals surface area contributed by atoms with Crippen LogP contribution in [0.5, 0.6) is 0 Å². The van der Waals surface area contributed by atoms with E-state index in [9.17, 15) is 0 Å². The lowest BCUT2D eigenvalue weighted by Crippen LogP contribution is -2.37. The number of nitrogens with zero attached hydrogens (tertiary/aromatic N) is 4. The van der Waals surface area contributed by atoms with Gasteiger partial charge in [-0.05, 0) is 38.6 Å². The van der Waals surface area contributed by atoms with Crippen LogP contribution in [0.25, 0.3) is 0 Å². The molecule has 2 rings (SSSR count). The maximum absolute atomic E-state index is 8.83. The summed E-state index contributed by atoms with van der Waals surface area (Å²) in [5.41, 5.74) is 0.481. The predicted octanol–water partition coefficient (Wildman–Crippen LogP) is 1.48. The summed E-state index contributed by atoms with van der Waals surface area (Å²) in [6.45, 7) is 2.16. The van der Waals surface area contributed by atoms with Crippen molar-refractivity contribution in [2.45, 2.75) is 18.9 Å². The van der Waals surface area contributed by atoms with Crippen LogP contribution in [0, 0.1) is 11.3 Å². The average Bonchev–Trinajstić information content (AvgIpc) is 2.75.